The molecule has 0 aliphatic rings. The van der Waals surface area contributed by atoms with E-state index in [-0.39, 0.29) is 10.8 Å². The molecule has 0 bridgehead atoms. The summed E-state index contributed by atoms with van der Waals surface area (Å²) in [6.07, 6.45) is 0. The lowest BCUT2D eigenvalue weighted by atomic mass is 10.3. The molecule has 1 aromatic heterocycles. The number of methoxy groups -OCH3 is 2. The second kappa shape index (κ2) is 8.27. The second-order valence-corrected chi connectivity index (χ2v) is 4.67. The Morgan fingerprint density at radius 1 is 1.26 bits per heavy atom. The van der Waals surface area contributed by atoms with Crippen LogP contribution in [0, 0.1) is 11.3 Å². The molecule has 1 rings (SSSR count). The van der Waals surface area contributed by atoms with Gasteiger partial charge in [-0.1, -0.05) is 11.6 Å². The van der Waals surface area contributed by atoms with Crippen LogP contribution in [0.2, 0.25) is 5.15 Å². The van der Waals surface area contributed by atoms with E-state index in [2.05, 4.69) is 25.9 Å². The highest BCUT2D eigenvalue weighted by atomic mass is 79.9. The third-order valence-electron chi connectivity index (χ3n) is 2.33. The standard InChI is InChI=1S/C11H14BrClN4O2/c1-18-5-3-17(4-6-19-2)11-8(7-14)15-10(13)9(12)16-11/h3-6H2,1-2H3. The predicted octanol–water partition coefficient (Wildman–Crippen LogP) is 1.86. The zero-order chi connectivity index (χ0) is 14.3. The predicted molar refractivity (Wildman–Crippen MR) is 75.4 cm³/mol. The van der Waals surface area contributed by atoms with Gasteiger partial charge in [0, 0.05) is 27.3 Å². The minimum atomic E-state index is 0.165. The molecule has 0 atom stereocenters. The van der Waals surface area contributed by atoms with Gasteiger partial charge < -0.3 is 14.4 Å². The van der Waals surface area contributed by atoms with Crippen molar-refractivity contribution in [3.05, 3.63) is 15.5 Å². The molecule has 19 heavy (non-hydrogen) atoms. The van der Waals surface area contributed by atoms with E-state index in [9.17, 15) is 0 Å². The Bertz CT molecular complexity index is 459. The molecule has 0 unspecified atom stereocenters. The van der Waals surface area contributed by atoms with E-state index < -0.39 is 0 Å². The van der Waals surface area contributed by atoms with Crippen molar-refractivity contribution in [3.63, 3.8) is 0 Å². The lowest BCUT2D eigenvalue weighted by molar-refractivity contribution is 0.190. The Hall–Kier alpha value is -0.940. The van der Waals surface area contributed by atoms with Crippen LogP contribution in [0.5, 0.6) is 0 Å². The Balaban J connectivity index is 3.05. The van der Waals surface area contributed by atoms with Gasteiger partial charge in [0.15, 0.2) is 16.7 Å². The third-order valence-corrected chi connectivity index (χ3v) is 3.38. The Kier molecular flexibility index (Phi) is 7.02. The average Bonchev–Trinajstić information content (AvgIpc) is 2.42. The summed E-state index contributed by atoms with van der Waals surface area (Å²) >= 11 is 9.05. The average molecular weight is 350 g/mol. The molecular formula is C11H14BrClN4O2. The maximum atomic E-state index is 9.12. The summed E-state index contributed by atoms with van der Waals surface area (Å²) in [6.45, 7) is 2.18. The van der Waals surface area contributed by atoms with Gasteiger partial charge in [-0.3, -0.25) is 0 Å². The molecule has 0 spiro atoms. The number of halogens is 2. The van der Waals surface area contributed by atoms with Crippen molar-refractivity contribution in [1.82, 2.24) is 9.97 Å². The fraction of sp³-hybridized carbons (Fsp3) is 0.545. The van der Waals surface area contributed by atoms with Gasteiger partial charge in [0.1, 0.15) is 10.7 Å². The van der Waals surface area contributed by atoms with Crippen LogP contribution in [0.3, 0.4) is 0 Å². The summed E-state index contributed by atoms with van der Waals surface area (Å²) in [7, 11) is 3.23. The smallest absolute Gasteiger partial charge is 0.184 e. The van der Waals surface area contributed by atoms with Crippen molar-refractivity contribution in [2.45, 2.75) is 0 Å². The van der Waals surface area contributed by atoms with Crippen molar-refractivity contribution in [3.8, 4) is 6.07 Å². The van der Waals surface area contributed by atoms with E-state index >= 15 is 0 Å². The number of hydrogen-bond acceptors (Lipinski definition) is 6. The van der Waals surface area contributed by atoms with Crippen LogP contribution in [0.25, 0.3) is 0 Å². The van der Waals surface area contributed by atoms with Gasteiger partial charge in [0.05, 0.1) is 13.2 Å². The number of anilines is 1. The largest absolute Gasteiger partial charge is 0.383 e. The molecule has 104 valence electrons. The first-order valence-corrected chi connectivity index (χ1v) is 6.67. The summed E-state index contributed by atoms with van der Waals surface area (Å²) in [4.78, 5) is 10.1. The Morgan fingerprint density at radius 3 is 2.32 bits per heavy atom. The maximum Gasteiger partial charge on any atom is 0.184 e. The third kappa shape index (κ3) is 4.58. The molecule has 0 saturated carbocycles. The van der Waals surface area contributed by atoms with Crippen molar-refractivity contribution in [2.24, 2.45) is 0 Å². The van der Waals surface area contributed by atoms with Crippen molar-refractivity contribution >= 4 is 33.3 Å². The zero-order valence-electron chi connectivity index (χ0n) is 10.7. The second-order valence-electron chi connectivity index (χ2n) is 3.56. The number of ether oxygens (including phenoxy) is 2. The summed E-state index contributed by atoms with van der Waals surface area (Å²) in [6, 6.07) is 1.99. The fourth-order valence-corrected chi connectivity index (χ4v) is 1.79. The Labute approximate surface area is 125 Å². The van der Waals surface area contributed by atoms with Gasteiger partial charge in [-0.25, -0.2) is 9.97 Å². The zero-order valence-corrected chi connectivity index (χ0v) is 13.0. The minimum absolute atomic E-state index is 0.165. The highest BCUT2D eigenvalue weighted by Crippen LogP contribution is 2.24. The van der Waals surface area contributed by atoms with Gasteiger partial charge in [-0.05, 0) is 15.9 Å². The lowest BCUT2D eigenvalue weighted by Crippen LogP contribution is -2.32. The van der Waals surface area contributed by atoms with Crippen LogP contribution in [-0.4, -0.2) is 50.5 Å². The van der Waals surface area contributed by atoms with Crippen LogP contribution in [0.1, 0.15) is 5.69 Å². The molecule has 1 aromatic rings. The van der Waals surface area contributed by atoms with E-state index in [1.807, 2.05) is 11.0 Å². The number of rotatable bonds is 7. The van der Waals surface area contributed by atoms with Crippen molar-refractivity contribution in [1.29, 1.82) is 5.26 Å². The highest BCUT2D eigenvalue weighted by molar-refractivity contribution is 9.10. The number of aromatic nitrogens is 2. The minimum Gasteiger partial charge on any atom is -0.383 e. The maximum absolute atomic E-state index is 9.12. The molecule has 0 N–H and O–H groups in total. The first kappa shape index (κ1) is 16.1. The van der Waals surface area contributed by atoms with Crippen LogP contribution in [0.15, 0.2) is 4.60 Å². The lowest BCUT2D eigenvalue weighted by Gasteiger charge is -2.23. The van der Waals surface area contributed by atoms with Crippen LogP contribution < -0.4 is 4.90 Å². The van der Waals surface area contributed by atoms with Crippen LogP contribution >= 0.6 is 27.5 Å². The first-order valence-electron chi connectivity index (χ1n) is 5.50. The van der Waals surface area contributed by atoms with Crippen LogP contribution in [-0.2, 0) is 9.47 Å². The number of nitrogens with zero attached hydrogens (tertiary/aromatic N) is 4. The normalized spacial score (nSPS) is 10.3. The van der Waals surface area contributed by atoms with Gasteiger partial charge in [-0.2, -0.15) is 5.26 Å². The van der Waals surface area contributed by atoms with Gasteiger partial charge in [0.25, 0.3) is 0 Å². The molecule has 0 saturated heterocycles. The molecule has 0 radical (unpaired) electrons. The molecular weight excluding hydrogens is 336 g/mol. The van der Waals surface area contributed by atoms with Gasteiger partial charge in [-0.15, -0.1) is 0 Å². The van der Waals surface area contributed by atoms with E-state index in [4.69, 9.17) is 26.3 Å². The van der Waals surface area contributed by atoms with Gasteiger partial charge >= 0.3 is 0 Å². The van der Waals surface area contributed by atoms with Crippen LogP contribution in [0.4, 0.5) is 5.82 Å². The Morgan fingerprint density at radius 2 is 1.84 bits per heavy atom. The summed E-state index contributed by atoms with van der Waals surface area (Å²) in [5.74, 6) is 0.466. The molecule has 0 fully saturated rings. The van der Waals surface area contributed by atoms with Crippen molar-refractivity contribution < 1.29 is 9.47 Å². The summed E-state index contributed by atoms with van der Waals surface area (Å²) in [5, 5.41) is 9.28. The molecule has 8 heteroatoms. The van der Waals surface area contributed by atoms with E-state index in [0.29, 0.717) is 36.7 Å². The molecule has 1 heterocycles. The van der Waals surface area contributed by atoms with E-state index in [1.54, 1.807) is 14.2 Å². The molecule has 0 aliphatic heterocycles. The highest BCUT2D eigenvalue weighted by Gasteiger charge is 2.17. The molecule has 0 amide bonds. The SMILES string of the molecule is COCCN(CCOC)c1nc(Br)c(Cl)nc1C#N. The first-order chi connectivity index (χ1) is 9.13. The van der Waals surface area contributed by atoms with Crippen molar-refractivity contribution in [2.75, 3.05) is 45.4 Å². The monoisotopic (exact) mass is 348 g/mol. The summed E-state index contributed by atoms with van der Waals surface area (Å²) in [5.41, 5.74) is 0.181. The summed E-state index contributed by atoms with van der Waals surface area (Å²) < 4.78 is 10.5. The molecule has 6 nitrogen and oxygen atoms in total. The molecule has 0 aliphatic carbocycles. The quantitative estimate of drug-likeness (QED) is 0.748. The van der Waals surface area contributed by atoms with E-state index in [0.717, 1.165) is 0 Å². The topological polar surface area (TPSA) is 71.3 Å². The fourth-order valence-electron chi connectivity index (χ4n) is 1.41. The molecule has 0 aromatic carbocycles. The number of hydrogen-bond donors (Lipinski definition) is 0. The number of nitriles is 1. The van der Waals surface area contributed by atoms with Gasteiger partial charge in [0.2, 0.25) is 0 Å². The van der Waals surface area contributed by atoms with E-state index in [1.165, 1.54) is 0 Å².